The van der Waals surface area contributed by atoms with Crippen molar-refractivity contribution in [3.8, 4) is 6.07 Å². The number of nitrogens with two attached hydrogens (primary N) is 1. The zero-order valence-electron chi connectivity index (χ0n) is 7.37. The number of aliphatic carboxylic acids is 1. The van der Waals surface area contributed by atoms with Gasteiger partial charge in [0.25, 0.3) is 0 Å². The number of hydrogen-bond acceptors (Lipinski definition) is 3. The molecule has 0 bridgehead atoms. The minimum absolute atomic E-state index is 0.0949. The van der Waals surface area contributed by atoms with Gasteiger partial charge in [0, 0.05) is 5.69 Å². The van der Waals surface area contributed by atoms with Crippen molar-refractivity contribution < 1.29 is 18.7 Å². The molecular formula is C9H6F2N2O2. The van der Waals surface area contributed by atoms with Gasteiger partial charge in [0.05, 0.1) is 17.2 Å². The molecule has 0 atom stereocenters. The van der Waals surface area contributed by atoms with Gasteiger partial charge < -0.3 is 10.8 Å². The highest BCUT2D eigenvalue weighted by Crippen LogP contribution is 2.32. The second-order valence-electron chi connectivity index (χ2n) is 2.79. The summed E-state index contributed by atoms with van der Waals surface area (Å²) in [5.74, 6) is -6.32. The Balaban J connectivity index is 3.29. The van der Waals surface area contributed by atoms with Crippen molar-refractivity contribution in [1.82, 2.24) is 0 Å². The fraction of sp³-hybridized carbons (Fsp3) is 0.111. The Hall–Kier alpha value is -2.16. The molecule has 0 aromatic heterocycles. The molecule has 15 heavy (non-hydrogen) atoms. The zero-order valence-corrected chi connectivity index (χ0v) is 7.37. The number of hydrogen-bond donors (Lipinski definition) is 2. The molecule has 6 heteroatoms. The van der Waals surface area contributed by atoms with Crippen molar-refractivity contribution in [1.29, 1.82) is 5.26 Å². The summed E-state index contributed by atoms with van der Waals surface area (Å²) in [4.78, 5) is 10.3. The lowest BCUT2D eigenvalue weighted by Gasteiger charge is -2.13. The summed E-state index contributed by atoms with van der Waals surface area (Å²) in [5, 5.41) is 16.7. The first kappa shape index (κ1) is 10.9. The summed E-state index contributed by atoms with van der Waals surface area (Å²) in [6.45, 7) is 0. The minimum Gasteiger partial charge on any atom is -0.477 e. The summed E-state index contributed by atoms with van der Waals surface area (Å²) >= 11 is 0. The number of anilines is 1. The van der Waals surface area contributed by atoms with Crippen LogP contribution in [-0.4, -0.2) is 11.1 Å². The second-order valence-corrected chi connectivity index (χ2v) is 2.79. The molecule has 3 N–H and O–H groups in total. The predicted molar refractivity (Wildman–Crippen MR) is 47.1 cm³/mol. The van der Waals surface area contributed by atoms with Gasteiger partial charge in [-0.2, -0.15) is 14.0 Å². The number of rotatable bonds is 2. The van der Waals surface area contributed by atoms with Crippen LogP contribution in [0, 0.1) is 11.3 Å². The normalized spacial score (nSPS) is 10.7. The fourth-order valence-corrected chi connectivity index (χ4v) is 1.03. The number of benzene rings is 1. The molecule has 0 saturated carbocycles. The van der Waals surface area contributed by atoms with Gasteiger partial charge in [-0.3, -0.25) is 0 Å². The van der Waals surface area contributed by atoms with E-state index < -0.39 is 23.1 Å². The lowest BCUT2D eigenvalue weighted by Crippen LogP contribution is -2.26. The number of alkyl halides is 2. The highest BCUT2D eigenvalue weighted by atomic mass is 19.3. The Labute approximate surface area is 83.5 Å². The van der Waals surface area contributed by atoms with Crippen LogP contribution in [0.4, 0.5) is 14.5 Å². The van der Waals surface area contributed by atoms with Crippen LogP contribution in [0.5, 0.6) is 0 Å². The van der Waals surface area contributed by atoms with Crippen LogP contribution in [-0.2, 0) is 10.7 Å². The molecule has 0 unspecified atom stereocenters. The van der Waals surface area contributed by atoms with Crippen LogP contribution in [0.3, 0.4) is 0 Å². The van der Waals surface area contributed by atoms with E-state index in [0.29, 0.717) is 0 Å². The van der Waals surface area contributed by atoms with Crippen molar-refractivity contribution in [3.63, 3.8) is 0 Å². The third-order valence-electron chi connectivity index (χ3n) is 1.79. The standard InChI is InChI=1S/C9H6F2N2O2/c10-9(11,8(14)15)6-2-1-5(4-12)3-7(6)13/h1-3H,13H2,(H,14,15). The average Bonchev–Trinajstić information content (AvgIpc) is 2.16. The Kier molecular flexibility index (Phi) is 2.57. The summed E-state index contributed by atoms with van der Waals surface area (Å²) in [6, 6.07) is 4.63. The van der Waals surface area contributed by atoms with Gasteiger partial charge in [-0.25, -0.2) is 4.79 Å². The lowest BCUT2D eigenvalue weighted by molar-refractivity contribution is -0.166. The van der Waals surface area contributed by atoms with Crippen LogP contribution >= 0.6 is 0 Å². The number of carbonyl (C=O) groups is 1. The van der Waals surface area contributed by atoms with E-state index in [0.717, 1.165) is 18.2 Å². The molecule has 0 saturated heterocycles. The molecule has 1 aromatic rings. The largest absolute Gasteiger partial charge is 0.477 e. The third-order valence-corrected chi connectivity index (χ3v) is 1.79. The van der Waals surface area contributed by atoms with Crippen molar-refractivity contribution in [2.75, 3.05) is 5.73 Å². The molecule has 0 aliphatic rings. The predicted octanol–water partition coefficient (Wildman–Crippen LogP) is 1.32. The Morgan fingerprint density at radius 3 is 2.53 bits per heavy atom. The van der Waals surface area contributed by atoms with Gasteiger partial charge in [0.15, 0.2) is 0 Å². The number of nitrogens with zero attached hydrogens (tertiary/aromatic N) is 1. The Bertz CT molecular complexity index is 452. The van der Waals surface area contributed by atoms with E-state index in [1.807, 2.05) is 0 Å². The summed E-state index contributed by atoms with van der Waals surface area (Å²) in [6.07, 6.45) is 0. The Morgan fingerprint density at radius 1 is 1.53 bits per heavy atom. The highest BCUT2D eigenvalue weighted by molar-refractivity contribution is 5.80. The van der Waals surface area contributed by atoms with Crippen molar-refractivity contribution in [2.45, 2.75) is 5.92 Å². The molecule has 4 nitrogen and oxygen atoms in total. The third kappa shape index (κ3) is 1.86. The van der Waals surface area contributed by atoms with Crippen molar-refractivity contribution in [3.05, 3.63) is 29.3 Å². The van der Waals surface area contributed by atoms with E-state index in [1.165, 1.54) is 0 Å². The summed E-state index contributed by atoms with van der Waals surface area (Å²) < 4.78 is 26.0. The first-order valence-electron chi connectivity index (χ1n) is 3.81. The summed E-state index contributed by atoms with van der Waals surface area (Å²) in [7, 11) is 0. The number of halogens is 2. The van der Waals surface area contributed by atoms with Crippen LogP contribution in [0.1, 0.15) is 11.1 Å². The Morgan fingerprint density at radius 2 is 2.13 bits per heavy atom. The first-order chi connectivity index (χ1) is 6.89. The van der Waals surface area contributed by atoms with Gasteiger partial charge in [0.2, 0.25) is 0 Å². The maximum Gasteiger partial charge on any atom is 0.379 e. The van der Waals surface area contributed by atoms with Crippen molar-refractivity contribution in [2.24, 2.45) is 0 Å². The second kappa shape index (κ2) is 3.53. The number of nitrogen functional groups attached to an aromatic ring is 1. The van der Waals surface area contributed by atoms with E-state index in [2.05, 4.69) is 0 Å². The summed E-state index contributed by atoms with van der Waals surface area (Å²) in [5.41, 5.74) is 4.09. The molecule has 0 radical (unpaired) electrons. The molecule has 0 aliphatic heterocycles. The van der Waals surface area contributed by atoms with Gasteiger partial charge in [0.1, 0.15) is 0 Å². The molecule has 0 spiro atoms. The number of carboxylic acid groups (broad SMARTS) is 1. The van der Waals surface area contributed by atoms with Crippen LogP contribution in [0.15, 0.2) is 18.2 Å². The maximum absolute atomic E-state index is 13.0. The van der Waals surface area contributed by atoms with E-state index in [9.17, 15) is 13.6 Å². The van der Waals surface area contributed by atoms with Gasteiger partial charge >= 0.3 is 11.9 Å². The SMILES string of the molecule is N#Cc1ccc(C(F)(F)C(=O)O)c(N)c1. The first-order valence-corrected chi connectivity index (χ1v) is 3.81. The van der Waals surface area contributed by atoms with E-state index in [1.54, 1.807) is 6.07 Å². The molecule has 0 aliphatic carbocycles. The monoisotopic (exact) mass is 212 g/mol. The molecule has 1 aromatic carbocycles. The van der Waals surface area contributed by atoms with Crippen LogP contribution in [0.2, 0.25) is 0 Å². The zero-order chi connectivity index (χ0) is 11.6. The molecular weight excluding hydrogens is 206 g/mol. The fourth-order valence-electron chi connectivity index (χ4n) is 1.03. The molecule has 78 valence electrons. The van der Waals surface area contributed by atoms with E-state index in [-0.39, 0.29) is 5.56 Å². The van der Waals surface area contributed by atoms with Gasteiger partial charge in [-0.1, -0.05) is 0 Å². The van der Waals surface area contributed by atoms with E-state index in [4.69, 9.17) is 16.1 Å². The smallest absolute Gasteiger partial charge is 0.379 e. The lowest BCUT2D eigenvalue weighted by atomic mass is 10.0. The minimum atomic E-state index is -4.04. The maximum atomic E-state index is 13.0. The number of carboxylic acids is 1. The van der Waals surface area contributed by atoms with E-state index >= 15 is 0 Å². The average molecular weight is 212 g/mol. The molecule has 0 fully saturated rings. The quantitative estimate of drug-likeness (QED) is 0.723. The highest BCUT2D eigenvalue weighted by Gasteiger charge is 2.42. The van der Waals surface area contributed by atoms with Crippen molar-refractivity contribution >= 4 is 11.7 Å². The molecule has 1 rings (SSSR count). The topological polar surface area (TPSA) is 87.1 Å². The van der Waals surface area contributed by atoms with Crippen LogP contribution in [0.25, 0.3) is 0 Å². The molecule has 0 amide bonds. The van der Waals surface area contributed by atoms with Gasteiger partial charge in [-0.15, -0.1) is 0 Å². The van der Waals surface area contributed by atoms with Gasteiger partial charge in [-0.05, 0) is 18.2 Å². The van der Waals surface area contributed by atoms with Crippen LogP contribution < -0.4 is 5.73 Å². The number of nitriles is 1. The molecule has 0 heterocycles.